The van der Waals surface area contributed by atoms with Gasteiger partial charge in [-0.1, -0.05) is 37.6 Å². The number of hydrogen-bond donors (Lipinski definition) is 1. The topological polar surface area (TPSA) is 40.5 Å². The van der Waals surface area contributed by atoms with E-state index >= 15 is 0 Å². The quantitative estimate of drug-likeness (QED) is 0.851. The average Bonchev–Trinajstić information content (AvgIpc) is 2.85. The van der Waals surface area contributed by atoms with Crippen LogP contribution in [-0.2, 0) is 4.79 Å². The van der Waals surface area contributed by atoms with Gasteiger partial charge >= 0.3 is 5.97 Å². The van der Waals surface area contributed by atoms with Crippen molar-refractivity contribution in [2.45, 2.75) is 32.7 Å². The van der Waals surface area contributed by atoms with Crippen LogP contribution in [0.5, 0.6) is 0 Å². The molecule has 1 aromatic rings. The predicted molar refractivity (Wildman–Crippen MR) is 83.3 cm³/mol. The summed E-state index contributed by atoms with van der Waals surface area (Å²) in [5.41, 5.74) is 1.83. The molecule has 1 saturated heterocycles. The van der Waals surface area contributed by atoms with Crippen LogP contribution in [0.25, 0.3) is 6.08 Å². The van der Waals surface area contributed by atoms with Gasteiger partial charge in [0.25, 0.3) is 0 Å². The molecule has 1 aromatic carbocycles. The maximum Gasteiger partial charge on any atom is 0.328 e. The molecule has 3 nitrogen and oxygen atoms in total. The number of benzene rings is 1. The highest BCUT2D eigenvalue weighted by Gasteiger charge is 2.29. The fourth-order valence-corrected chi connectivity index (χ4v) is 3.18. The first-order chi connectivity index (χ1) is 9.50. The van der Waals surface area contributed by atoms with E-state index in [4.69, 9.17) is 16.7 Å². The van der Waals surface area contributed by atoms with Crippen molar-refractivity contribution >= 4 is 29.3 Å². The highest BCUT2D eigenvalue weighted by Crippen LogP contribution is 2.37. The molecule has 0 aromatic heterocycles. The van der Waals surface area contributed by atoms with Gasteiger partial charge in [0.1, 0.15) is 0 Å². The average molecular weight is 294 g/mol. The number of hydrogen-bond acceptors (Lipinski definition) is 2. The Bertz CT molecular complexity index is 525. The van der Waals surface area contributed by atoms with E-state index in [2.05, 4.69) is 18.7 Å². The van der Waals surface area contributed by atoms with Crippen molar-refractivity contribution < 1.29 is 9.90 Å². The van der Waals surface area contributed by atoms with Crippen molar-refractivity contribution in [2.24, 2.45) is 5.92 Å². The lowest BCUT2D eigenvalue weighted by molar-refractivity contribution is -0.131. The lowest BCUT2D eigenvalue weighted by Crippen LogP contribution is -2.34. The summed E-state index contributed by atoms with van der Waals surface area (Å²) in [6.07, 6.45) is 5.09. The lowest BCUT2D eigenvalue weighted by Gasteiger charge is -2.31. The largest absolute Gasteiger partial charge is 0.478 e. The SMILES string of the molecule is CC(C)C1CCCN1c1c(Cl)cccc1/C=C/C(=O)O. The predicted octanol–water partition coefficient (Wildman–Crippen LogP) is 4.06. The summed E-state index contributed by atoms with van der Waals surface area (Å²) in [4.78, 5) is 13.1. The van der Waals surface area contributed by atoms with Crippen molar-refractivity contribution in [1.82, 2.24) is 0 Å². The normalized spacial score (nSPS) is 19.2. The van der Waals surface area contributed by atoms with E-state index in [1.165, 1.54) is 0 Å². The van der Waals surface area contributed by atoms with Gasteiger partial charge in [0.2, 0.25) is 0 Å². The summed E-state index contributed by atoms with van der Waals surface area (Å²) in [5.74, 6) is -0.400. The summed E-state index contributed by atoms with van der Waals surface area (Å²) < 4.78 is 0. The van der Waals surface area contributed by atoms with Crippen LogP contribution in [-0.4, -0.2) is 23.7 Å². The minimum atomic E-state index is -0.947. The summed E-state index contributed by atoms with van der Waals surface area (Å²) in [6, 6.07) is 6.10. The van der Waals surface area contributed by atoms with Crippen LogP contribution in [0.1, 0.15) is 32.3 Å². The van der Waals surface area contributed by atoms with Crippen molar-refractivity contribution in [1.29, 1.82) is 0 Å². The zero-order valence-corrected chi connectivity index (χ0v) is 12.6. The molecular formula is C16H20ClNO2. The Balaban J connectivity index is 2.41. The van der Waals surface area contributed by atoms with Crippen molar-refractivity contribution in [2.75, 3.05) is 11.4 Å². The second-order valence-electron chi connectivity index (χ2n) is 5.50. The number of carboxylic acid groups (broad SMARTS) is 1. The third kappa shape index (κ3) is 3.15. The third-order valence-corrected chi connectivity index (χ3v) is 4.08. The minimum Gasteiger partial charge on any atom is -0.478 e. The molecule has 20 heavy (non-hydrogen) atoms. The number of para-hydroxylation sites is 1. The molecule has 108 valence electrons. The zero-order valence-electron chi connectivity index (χ0n) is 11.8. The molecule has 1 heterocycles. The number of carbonyl (C=O) groups is 1. The van der Waals surface area contributed by atoms with Crippen LogP contribution in [0.2, 0.25) is 5.02 Å². The van der Waals surface area contributed by atoms with Gasteiger partial charge < -0.3 is 10.0 Å². The summed E-state index contributed by atoms with van der Waals surface area (Å²) in [5, 5.41) is 9.49. The Labute approximate surface area is 124 Å². The van der Waals surface area contributed by atoms with E-state index in [1.807, 2.05) is 18.2 Å². The number of aliphatic carboxylic acids is 1. The molecular weight excluding hydrogens is 274 g/mol. The maximum absolute atomic E-state index is 10.7. The Kier molecular flexibility index (Phi) is 4.71. The van der Waals surface area contributed by atoms with E-state index in [-0.39, 0.29) is 0 Å². The fraction of sp³-hybridized carbons (Fsp3) is 0.438. The molecule has 1 aliphatic heterocycles. The smallest absolute Gasteiger partial charge is 0.328 e. The van der Waals surface area contributed by atoms with Gasteiger partial charge in [-0.3, -0.25) is 0 Å². The molecule has 1 atom stereocenters. The highest BCUT2D eigenvalue weighted by atomic mass is 35.5. The molecule has 4 heteroatoms. The van der Waals surface area contributed by atoms with E-state index < -0.39 is 5.97 Å². The fourth-order valence-electron chi connectivity index (χ4n) is 2.89. The molecule has 1 N–H and O–H groups in total. The molecule has 0 saturated carbocycles. The zero-order chi connectivity index (χ0) is 14.7. The molecule has 0 amide bonds. The number of anilines is 1. The van der Waals surface area contributed by atoms with Crippen LogP contribution in [0.3, 0.4) is 0 Å². The molecule has 0 spiro atoms. The molecule has 0 aliphatic carbocycles. The number of halogens is 1. The molecule has 0 bridgehead atoms. The van der Waals surface area contributed by atoms with Crippen LogP contribution in [0, 0.1) is 5.92 Å². The van der Waals surface area contributed by atoms with Gasteiger partial charge in [-0.15, -0.1) is 0 Å². The molecule has 1 aliphatic rings. The number of rotatable bonds is 4. The van der Waals surface area contributed by atoms with Gasteiger partial charge in [-0.05, 0) is 36.5 Å². The summed E-state index contributed by atoms with van der Waals surface area (Å²) >= 11 is 6.37. The van der Waals surface area contributed by atoms with Gasteiger partial charge in [0.05, 0.1) is 10.7 Å². The minimum absolute atomic E-state index is 0.465. The first kappa shape index (κ1) is 14.9. The second-order valence-corrected chi connectivity index (χ2v) is 5.90. The van der Waals surface area contributed by atoms with Gasteiger partial charge in [0.15, 0.2) is 0 Å². The van der Waals surface area contributed by atoms with Crippen molar-refractivity contribution in [3.8, 4) is 0 Å². The van der Waals surface area contributed by atoms with Crippen molar-refractivity contribution in [3.05, 3.63) is 34.9 Å². The summed E-state index contributed by atoms with van der Waals surface area (Å²) in [7, 11) is 0. The van der Waals surface area contributed by atoms with Crippen LogP contribution >= 0.6 is 11.6 Å². The second kappa shape index (κ2) is 6.31. The Morgan fingerprint density at radius 3 is 2.90 bits per heavy atom. The Morgan fingerprint density at radius 2 is 2.25 bits per heavy atom. The Morgan fingerprint density at radius 1 is 1.50 bits per heavy atom. The monoisotopic (exact) mass is 293 g/mol. The highest BCUT2D eigenvalue weighted by molar-refractivity contribution is 6.33. The van der Waals surface area contributed by atoms with E-state index in [0.29, 0.717) is 17.0 Å². The van der Waals surface area contributed by atoms with Crippen LogP contribution in [0.15, 0.2) is 24.3 Å². The molecule has 2 rings (SSSR count). The maximum atomic E-state index is 10.7. The molecule has 1 unspecified atom stereocenters. The lowest BCUT2D eigenvalue weighted by atomic mass is 10.0. The third-order valence-electron chi connectivity index (χ3n) is 3.78. The van der Waals surface area contributed by atoms with Gasteiger partial charge in [-0.25, -0.2) is 4.79 Å². The first-order valence-electron chi connectivity index (χ1n) is 6.97. The van der Waals surface area contributed by atoms with Crippen molar-refractivity contribution in [3.63, 3.8) is 0 Å². The standard InChI is InChI=1S/C16H20ClNO2/c1-11(2)14-7-4-10-18(14)16-12(8-9-15(19)20)5-3-6-13(16)17/h3,5-6,8-9,11,14H,4,7,10H2,1-2H3,(H,19,20)/b9-8+. The van der Waals surface area contributed by atoms with Crippen LogP contribution < -0.4 is 4.90 Å². The van der Waals surface area contributed by atoms with Gasteiger partial charge in [-0.2, -0.15) is 0 Å². The van der Waals surface area contributed by atoms with Gasteiger partial charge in [0, 0.05) is 18.7 Å². The first-order valence-corrected chi connectivity index (χ1v) is 7.34. The molecule has 0 radical (unpaired) electrons. The summed E-state index contributed by atoms with van der Waals surface area (Å²) in [6.45, 7) is 5.40. The molecule has 1 fully saturated rings. The van der Waals surface area contributed by atoms with E-state index in [1.54, 1.807) is 6.08 Å². The van der Waals surface area contributed by atoms with E-state index in [0.717, 1.165) is 36.7 Å². The van der Waals surface area contributed by atoms with Crippen LogP contribution in [0.4, 0.5) is 5.69 Å². The number of nitrogens with zero attached hydrogens (tertiary/aromatic N) is 1. The number of carboxylic acids is 1. The van der Waals surface area contributed by atoms with E-state index in [9.17, 15) is 4.79 Å². The Hall–Kier alpha value is -1.48.